The highest BCUT2D eigenvalue weighted by Gasteiger charge is 2.19. The molecule has 0 unspecified atom stereocenters. The summed E-state index contributed by atoms with van der Waals surface area (Å²) in [6.45, 7) is 6.60. The molecule has 0 fully saturated rings. The van der Waals surface area contributed by atoms with Gasteiger partial charge in [0, 0.05) is 12.1 Å². The van der Waals surface area contributed by atoms with Crippen LogP contribution in [0.4, 0.5) is 0 Å². The van der Waals surface area contributed by atoms with Crippen molar-refractivity contribution in [1.82, 2.24) is 9.78 Å². The van der Waals surface area contributed by atoms with Gasteiger partial charge in [-0.2, -0.15) is 5.10 Å². The average molecular weight is 325 g/mol. The first-order valence-electron chi connectivity index (χ1n) is 7.01. The fraction of sp³-hybridized carbons (Fsp3) is 0.375. The number of aromatic nitrogens is 2. The third-order valence-corrected chi connectivity index (χ3v) is 4.20. The van der Waals surface area contributed by atoms with Crippen molar-refractivity contribution in [2.45, 2.75) is 40.2 Å². The monoisotopic (exact) mass is 324 g/mol. The normalized spacial score (nSPS) is 10.9. The maximum Gasteiger partial charge on any atom is 0.170 e. The Morgan fingerprint density at radius 1 is 1.29 bits per heavy atom. The molecule has 0 aliphatic heterocycles. The summed E-state index contributed by atoms with van der Waals surface area (Å²) in [7, 11) is 0. The van der Waals surface area contributed by atoms with Crippen molar-refractivity contribution in [1.29, 1.82) is 0 Å². The van der Waals surface area contributed by atoms with E-state index in [0.717, 1.165) is 23.4 Å². The van der Waals surface area contributed by atoms with Gasteiger partial charge in [0.15, 0.2) is 5.78 Å². The summed E-state index contributed by atoms with van der Waals surface area (Å²) in [4.78, 5) is 12.5. The van der Waals surface area contributed by atoms with Crippen LogP contribution < -0.4 is 0 Å². The summed E-state index contributed by atoms with van der Waals surface area (Å²) < 4.78 is 1.79. The Labute approximate surface area is 134 Å². The second-order valence-corrected chi connectivity index (χ2v) is 5.75. The molecule has 0 atom stereocenters. The molecule has 0 bridgehead atoms. The van der Waals surface area contributed by atoms with E-state index < -0.39 is 0 Å². The van der Waals surface area contributed by atoms with Crippen LogP contribution in [0.1, 0.15) is 41.2 Å². The summed E-state index contributed by atoms with van der Waals surface area (Å²) in [5.41, 5.74) is 3.15. The minimum atomic E-state index is -0.0425. The number of hydrogen-bond acceptors (Lipinski definition) is 2. The van der Waals surface area contributed by atoms with Gasteiger partial charge in [-0.15, -0.1) is 0 Å². The third-order valence-electron chi connectivity index (χ3n) is 3.45. The molecular formula is C16H18Cl2N2O. The van der Waals surface area contributed by atoms with Gasteiger partial charge in [-0.3, -0.25) is 9.48 Å². The number of hydrogen-bond donors (Lipinski definition) is 0. The molecular weight excluding hydrogens is 307 g/mol. The van der Waals surface area contributed by atoms with Crippen molar-refractivity contribution < 1.29 is 4.79 Å². The molecule has 1 heterocycles. The molecule has 0 amide bonds. The number of rotatable bonds is 5. The zero-order chi connectivity index (χ0) is 15.6. The largest absolute Gasteiger partial charge is 0.294 e. The third kappa shape index (κ3) is 3.30. The number of halogens is 2. The van der Waals surface area contributed by atoms with Gasteiger partial charge in [0.25, 0.3) is 0 Å². The predicted octanol–water partition coefficient (Wildman–Crippen LogP) is 4.51. The van der Waals surface area contributed by atoms with Crippen LogP contribution in [0.5, 0.6) is 0 Å². The number of carbonyl (C=O) groups excluding carboxylic acids is 1. The lowest BCUT2D eigenvalue weighted by atomic mass is 10.0. The first-order chi connectivity index (χ1) is 9.97. The Bertz CT molecular complexity index is 677. The van der Waals surface area contributed by atoms with E-state index in [0.29, 0.717) is 22.2 Å². The van der Waals surface area contributed by atoms with Crippen LogP contribution in [0.3, 0.4) is 0 Å². The van der Waals surface area contributed by atoms with Crippen LogP contribution in [-0.2, 0) is 19.4 Å². The fourth-order valence-electron chi connectivity index (χ4n) is 2.28. The van der Waals surface area contributed by atoms with Crippen molar-refractivity contribution in [2.24, 2.45) is 0 Å². The number of benzene rings is 1. The molecule has 3 nitrogen and oxygen atoms in total. The Morgan fingerprint density at radius 2 is 2.00 bits per heavy atom. The first kappa shape index (κ1) is 16.1. The zero-order valence-electron chi connectivity index (χ0n) is 12.4. The summed E-state index contributed by atoms with van der Waals surface area (Å²) in [5, 5.41) is 5.50. The molecule has 0 N–H and O–H groups in total. The molecule has 112 valence electrons. The molecule has 0 saturated heterocycles. The Hall–Kier alpha value is -1.32. The van der Waals surface area contributed by atoms with Crippen LogP contribution in [0.2, 0.25) is 10.0 Å². The predicted molar refractivity (Wildman–Crippen MR) is 86.5 cm³/mol. The zero-order valence-corrected chi connectivity index (χ0v) is 13.9. The lowest BCUT2D eigenvalue weighted by Gasteiger charge is -2.07. The Morgan fingerprint density at radius 3 is 2.57 bits per heavy atom. The van der Waals surface area contributed by atoms with Gasteiger partial charge in [0.05, 0.1) is 27.9 Å². The highest BCUT2D eigenvalue weighted by Crippen LogP contribution is 2.25. The summed E-state index contributed by atoms with van der Waals surface area (Å²) in [5.74, 6) is -0.0425. The standard InChI is InChI=1S/C16H18Cl2N2O/c1-4-13-16(18)14(20(5-2)19-13)9-15(21)11-7-6-10(3)8-12(11)17/h6-8H,4-5,9H2,1-3H3. The number of aryl methyl sites for hydroxylation is 3. The lowest BCUT2D eigenvalue weighted by molar-refractivity contribution is 0.0990. The molecule has 0 aliphatic carbocycles. The van der Waals surface area contributed by atoms with Gasteiger partial charge in [-0.1, -0.05) is 36.2 Å². The van der Waals surface area contributed by atoms with Crippen LogP contribution in [0, 0.1) is 6.92 Å². The van der Waals surface area contributed by atoms with Crippen LogP contribution >= 0.6 is 23.2 Å². The molecule has 0 radical (unpaired) electrons. The fourth-order valence-corrected chi connectivity index (χ4v) is 2.96. The van der Waals surface area contributed by atoms with E-state index in [1.807, 2.05) is 26.8 Å². The first-order valence-corrected chi connectivity index (χ1v) is 7.76. The van der Waals surface area contributed by atoms with Crippen molar-refractivity contribution >= 4 is 29.0 Å². The van der Waals surface area contributed by atoms with E-state index in [4.69, 9.17) is 23.2 Å². The Kier molecular flexibility index (Phi) is 5.07. The molecule has 2 rings (SSSR count). The van der Waals surface area contributed by atoms with E-state index in [-0.39, 0.29) is 12.2 Å². The number of Topliss-reactive ketones (excluding diaryl/α,β-unsaturated/α-hetero) is 1. The topological polar surface area (TPSA) is 34.9 Å². The van der Waals surface area contributed by atoms with Crippen molar-refractivity contribution in [2.75, 3.05) is 0 Å². The van der Waals surface area contributed by atoms with Gasteiger partial charge in [-0.05, 0) is 38.0 Å². The van der Waals surface area contributed by atoms with E-state index in [1.165, 1.54) is 0 Å². The second-order valence-electron chi connectivity index (χ2n) is 4.96. The Balaban J connectivity index is 2.33. The van der Waals surface area contributed by atoms with E-state index >= 15 is 0 Å². The van der Waals surface area contributed by atoms with Crippen molar-refractivity contribution in [3.63, 3.8) is 0 Å². The van der Waals surface area contributed by atoms with Crippen molar-refractivity contribution in [3.8, 4) is 0 Å². The quantitative estimate of drug-likeness (QED) is 0.758. The SMILES string of the molecule is CCc1nn(CC)c(CC(=O)c2ccc(C)cc2Cl)c1Cl. The average Bonchev–Trinajstić information content (AvgIpc) is 2.75. The van der Waals surface area contributed by atoms with Gasteiger partial charge in [-0.25, -0.2) is 0 Å². The summed E-state index contributed by atoms with van der Waals surface area (Å²) in [6, 6.07) is 5.45. The van der Waals surface area contributed by atoms with Gasteiger partial charge in [0.1, 0.15) is 0 Å². The molecule has 0 aliphatic rings. The molecule has 5 heteroatoms. The van der Waals surface area contributed by atoms with Gasteiger partial charge < -0.3 is 0 Å². The summed E-state index contributed by atoms with van der Waals surface area (Å²) >= 11 is 12.5. The second kappa shape index (κ2) is 6.63. The summed E-state index contributed by atoms with van der Waals surface area (Å²) in [6.07, 6.45) is 0.959. The number of ketones is 1. The van der Waals surface area contributed by atoms with E-state index in [2.05, 4.69) is 5.10 Å². The minimum Gasteiger partial charge on any atom is -0.294 e. The van der Waals surface area contributed by atoms with Crippen LogP contribution in [-0.4, -0.2) is 15.6 Å². The molecule has 0 saturated carbocycles. The maximum atomic E-state index is 12.5. The molecule has 1 aromatic heterocycles. The van der Waals surface area contributed by atoms with Crippen LogP contribution in [0.25, 0.3) is 0 Å². The smallest absolute Gasteiger partial charge is 0.170 e. The van der Waals surface area contributed by atoms with Crippen LogP contribution in [0.15, 0.2) is 18.2 Å². The molecule has 0 spiro atoms. The van der Waals surface area contributed by atoms with E-state index in [1.54, 1.807) is 16.8 Å². The maximum absolute atomic E-state index is 12.5. The number of carbonyl (C=O) groups is 1. The van der Waals surface area contributed by atoms with Crippen molar-refractivity contribution in [3.05, 3.63) is 50.8 Å². The molecule has 1 aromatic carbocycles. The highest BCUT2D eigenvalue weighted by molar-refractivity contribution is 6.34. The lowest BCUT2D eigenvalue weighted by Crippen LogP contribution is -2.10. The molecule has 2 aromatic rings. The van der Waals surface area contributed by atoms with Gasteiger partial charge in [0.2, 0.25) is 0 Å². The highest BCUT2D eigenvalue weighted by atomic mass is 35.5. The van der Waals surface area contributed by atoms with E-state index in [9.17, 15) is 4.79 Å². The van der Waals surface area contributed by atoms with Gasteiger partial charge >= 0.3 is 0 Å². The molecule has 21 heavy (non-hydrogen) atoms. The number of nitrogens with zero attached hydrogens (tertiary/aromatic N) is 2. The minimum absolute atomic E-state index is 0.0425.